The van der Waals surface area contributed by atoms with Gasteiger partial charge in [-0.15, -0.1) is 0 Å². The smallest absolute Gasteiger partial charge is 0.233 e. The van der Waals surface area contributed by atoms with Gasteiger partial charge in [-0.2, -0.15) is 0 Å². The first-order valence-corrected chi connectivity index (χ1v) is 7.92. The molecule has 1 saturated carbocycles. The lowest BCUT2D eigenvalue weighted by Gasteiger charge is -2.37. The Kier molecular flexibility index (Phi) is 4.51. The Morgan fingerprint density at radius 1 is 1.24 bits per heavy atom. The Morgan fingerprint density at radius 3 is 2.90 bits per heavy atom. The van der Waals surface area contributed by atoms with Crippen LogP contribution in [0.3, 0.4) is 0 Å². The predicted octanol–water partition coefficient (Wildman–Crippen LogP) is 2.15. The van der Waals surface area contributed by atoms with Crippen LogP contribution < -0.4 is 5.32 Å². The van der Waals surface area contributed by atoms with Crippen molar-refractivity contribution in [3.05, 3.63) is 30.4 Å². The van der Waals surface area contributed by atoms with Crippen molar-refractivity contribution < 1.29 is 5.11 Å². The normalized spacial score (nSPS) is 18.1. The lowest BCUT2D eigenvalue weighted by molar-refractivity contribution is 0.126. The summed E-state index contributed by atoms with van der Waals surface area (Å²) < 4.78 is 2.02. The number of fused-ring (bicyclic) bond motifs is 1. The Hall–Kier alpha value is -1.46. The minimum absolute atomic E-state index is 0.283. The summed E-state index contributed by atoms with van der Waals surface area (Å²) in [5.74, 6) is 0.747. The molecule has 0 spiro atoms. The fourth-order valence-electron chi connectivity index (χ4n) is 3.52. The van der Waals surface area contributed by atoms with Crippen molar-refractivity contribution in [3.8, 4) is 0 Å². The van der Waals surface area contributed by atoms with E-state index in [0.29, 0.717) is 6.61 Å². The quantitative estimate of drug-likeness (QED) is 0.855. The van der Waals surface area contributed by atoms with Crippen molar-refractivity contribution in [3.63, 3.8) is 0 Å². The molecule has 2 N–H and O–H groups in total. The van der Waals surface area contributed by atoms with Crippen LogP contribution >= 0.6 is 0 Å². The van der Waals surface area contributed by atoms with Gasteiger partial charge in [0.05, 0.1) is 11.9 Å². The largest absolute Gasteiger partial charge is 0.396 e. The van der Waals surface area contributed by atoms with Crippen LogP contribution in [-0.2, 0) is 6.54 Å². The topological polar surface area (TPSA) is 62.5 Å². The van der Waals surface area contributed by atoms with Gasteiger partial charge < -0.3 is 10.4 Å². The molecule has 0 radical (unpaired) electrons. The molecule has 2 heterocycles. The number of rotatable bonds is 6. The van der Waals surface area contributed by atoms with Gasteiger partial charge in [0.25, 0.3) is 0 Å². The molecule has 114 valence electrons. The molecule has 0 saturated heterocycles. The maximum absolute atomic E-state index is 9.36. The van der Waals surface area contributed by atoms with E-state index in [1.54, 1.807) is 6.20 Å². The number of imidazole rings is 1. The standard InChI is InChI=1S/C16H24N4O/c21-10-7-16(5-2-1-3-6-16)13-17-11-14-12-19-15-18-8-4-9-20(14)15/h4,8-9,12,17,21H,1-3,5-7,10-11,13H2. The van der Waals surface area contributed by atoms with Crippen molar-refractivity contribution in [2.24, 2.45) is 5.41 Å². The molecule has 5 heteroatoms. The maximum atomic E-state index is 9.36. The highest BCUT2D eigenvalue weighted by molar-refractivity contribution is 5.30. The Balaban J connectivity index is 1.61. The number of aliphatic hydroxyl groups excluding tert-OH is 1. The van der Waals surface area contributed by atoms with Crippen LogP contribution in [-0.4, -0.2) is 32.6 Å². The Bertz CT molecular complexity index is 569. The summed E-state index contributed by atoms with van der Waals surface area (Å²) in [7, 11) is 0. The summed E-state index contributed by atoms with van der Waals surface area (Å²) in [5.41, 5.74) is 1.42. The zero-order valence-electron chi connectivity index (χ0n) is 12.5. The fourth-order valence-corrected chi connectivity index (χ4v) is 3.52. The first kappa shape index (κ1) is 14.5. The summed E-state index contributed by atoms with van der Waals surface area (Å²) in [6.45, 7) is 2.06. The summed E-state index contributed by atoms with van der Waals surface area (Å²) in [4.78, 5) is 8.54. The second kappa shape index (κ2) is 6.54. The van der Waals surface area contributed by atoms with Crippen LogP contribution in [0.1, 0.15) is 44.2 Å². The third-order valence-electron chi connectivity index (χ3n) is 4.73. The molecule has 3 rings (SSSR count). The third kappa shape index (κ3) is 3.24. The molecule has 21 heavy (non-hydrogen) atoms. The predicted molar refractivity (Wildman–Crippen MR) is 81.9 cm³/mol. The molecule has 0 amide bonds. The van der Waals surface area contributed by atoms with Gasteiger partial charge in [-0.3, -0.25) is 4.40 Å². The number of nitrogens with zero attached hydrogens (tertiary/aromatic N) is 3. The SMILES string of the molecule is OCCC1(CNCc2cnc3ncccn23)CCCCC1. The molecular weight excluding hydrogens is 264 g/mol. The van der Waals surface area contributed by atoms with Gasteiger partial charge in [0, 0.05) is 32.1 Å². The molecule has 0 unspecified atom stereocenters. The fraction of sp³-hybridized carbons (Fsp3) is 0.625. The molecule has 1 aliphatic rings. The molecule has 0 bridgehead atoms. The van der Waals surface area contributed by atoms with Gasteiger partial charge in [0.15, 0.2) is 0 Å². The molecule has 0 aromatic carbocycles. The van der Waals surface area contributed by atoms with E-state index < -0.39 is 0 Å². The van der Waals surface area contributed by atoms with E-state index in [0.717, 1.165) is 31.0 Å². The lowest BCUT2D eigenvalue weighted by Crippen LogP contribution is -2.36. The highest BCUT2D eigenvalue weighted by Gasteiger charge is 2.30. The first-order valence-electron chi connectivity index (χ1n) is 7.92. The zero-order chi connectivity index (χ0) is 14.5. The number of hydrogen-bond acceptors (Lipinski definition) is 4. The Labute approximate surface area is 125 Å². The number of aromatic nitrogens is 3. The van der Waals surface area contributed by atoms with E-state index in [4.69, 9.17) is 0 Å². The molecule has 2 aromatic rings. The van der Waals surface area contributed by atoms with E-state index in [2.05, 4.69) is 15.3 Å². The lowest BCUT2D eigenvalue weighted by atomic mass is 9.72. The molecular formula is C16H24N4O. The van der Waals surface area contributed by atoms with Crippen molar-refractivity contribution in [1.29, 1.82) is 0 Å². The summed E-state index contributed by atoms with van der Waals surface area (Å²) in [6.07, 6.45) is 12.9. The van der Waals surface area contributed by atoms with E-state index in [1.165, 1.54) is 32.1 Å². The minimum Gasteiger partial charge on any atom is -0.396 e. The van der Waals surface area contributed by atoms with Crippen molar-refractivity contribution >= 4 is 5.78 Å². The van der Waals surface area contributed by atoms with Crippen LogP contribution in [0.4, 0.5) is 0 Å². The first-order chi connectivity index (χ1) is 10.3. The van der Waals surface area contributed by atoms with Crippen molar-refractivity contribution in [2.75, 3.05) is 13.2 Å². The van der Waals surface area contributed by atoms with E-state index >= 15 is 0 Å². The second-order valence-electron chi connectivity index (χ2n) is 6.18. The van der Waals surface area contributed by atoms with Crippen LogP contribution in [0, 0.1) is 5.41 Å². The average Bonchev–Trinajstić information content (AvgIpc) is 2.92. The van der Waals surface area contributed by atoms with Crippen molar-refractivity contribution in [2.45, 2.75) is 45.1 Å². The van der Waals surface area contributed by atoms with Crippen LogP contribution in [0.25, 0.3) is 5.78 Å². The molecule has 1 fully saturated rings. The maximum Gasteiger partial charge on any atom is 0.233 e. The summed E-state index contributed by atoms with van der Waals surface area (Å²) in [6, 6.07) is 1.92. The third-order valence-corrected chi connectivity index (χ3v) is 4.73. The molecule has 1 aliphatic carbocycles. The van der Waals surface area contributed by atoms with Gasteiger partial charge in [-0.1, -0.05) is 19.3 Å². The van der Waals surface area contributed by atoms with E-state index in [1.807, 2.05) is 22.9 Å². The van der Waals surface area contributed by atoms with Gasteiger partial charge in [0.2, 0.25) is 5.78 Å². The van der Waals surface area contributed by atoms with E-state index in [-0.39, 0.29) is 5.41 Å². The van der Waals surface area contributed by atoms with E-state index in [9.17, 15) is 5.11 Å². The minimum atomic E-state index is 0.283. The molecule has 0 atom stereocenters. The van der Waals surface area contributed by atoms with Crippen LogP contribution in [0.5, 0.6) is 0 Å². The van der Waals surface area contributed by atoms with Crippen LogP contribution in [0.2, 0.25) is 0 Å². The average molecular weight is 288 g/mol. The van der Waals surface area contributed by atoms with Gasteiger partial charge >= 0.3 is 0 Å². The van der Waals surface area contributed by atoms with Gasteiger partial charge in [-0.25, -0.2) is 9.97 Å². The molecule has 0 aliphatic heterocycles. The van der Waals surface area contributed by atoms with Crippen LogP contribution in [0.15, 0.2) is 24.7 Å². The number of aliphatic hydroxyl groups is 1. The highest BCUT2D eigenvalue weighted by atomic mass is 16.3. The monoisotopic (exact) mass is 288 g/mol. The van der Waals surface area contributed by atoms with Gasteiger partial charge in [0.1, 0.15) is 0 Å². The van der Waals surface area contributed by atoms with Crippen molar-refractivity contribution in [1.82, 2.24) is 19.7 Å². The zero-order valence-corrected chi connectivity index (χ0v) is 12.5. The summed E-state index contributed by atoms with van der Waals surface area (Å²) >= 11 is 0. The highest BCUT2D eigenvalue weighted by Crippen LogP contribution is 2.38. The number of nitrogens with one attached hydrogen (secondary N) is 1. The Morgan fingerprint density at radius 2 is 2.10 bits per heavy atom. The summed E-state index contributed by atoms with van der Waals surface area (Å²) in [5, 5.41) is 12.9. The van der Waals surface area contributed by atoms with Gasteiger partial charge in [-0.05, 0) is 30.7 Å². The number of hydrogen-bond donors (Lipinski definition) is 2. The molecule has 5 nitrogen and oxygen atoms in total. The second-order valence-corrected chi connectivity index (χ2v) is 6.18. The molecule has 2 aromatic heterocycles.